The van der Waals surface area contributed by atoms with Crippen molar-refractivity contribution in [1.29, 1.82) is 0 Å². The fraction of sp³-hybridized carbons (Fsp3) is 0.409. The fourth-order valence-electron chi connectivity index (χ4n) is 3.80. The average molecular weight is 439 g/mol. The SMILES string of the molecule is OCCN1CCN(CCC=S2c3ccccc3Oc3ccc(C(F)(F)F)cc32)CC1. The fourth-order valence-corrected chi connectivity index (χ4v) is 5.87. The molecule has 2 aromatic rings. The Morgan fingerprint density at radius 3 is 2.30 bits per heavy atom. The second-order valence-corrected chi connectivity index (χ2v) is 9.30. The number of hydrogen-bond donors (Lipinski definition) is 1. The van der Waals surface area contributed by atoms with Gasteiger partial charge < -0.3 is 14.7 Å². The van der Waals surface area contributed by atoms with E-state index in [1.807, 2.05) is 24.3 Å². The molecule has 0 radical (unpaired) electrons. The van der Waals surface area contributed by atoms with Crippen molar-refractivity contribution in [1.82, 2.24) is 9.80 Å². The van der Waals surface area contributed by atoms with E-state index in [-0.39, 0.29) is 6.61 Å². The van der Waals surface area contributed by atoms with Crippen LogP contribution < -0.4 is 4.74 Å². The first-order chi connectivity index (χ1) is 14.5. The first kappa shape index (κ1) is 21.4. The molecule has 1 atom stereocenters. The summed E-state index contributed by atoms with van der Waals surface area (Å²) in [6.07, 6.45) is -3.59. The highest BCUT2D eigenvalue weighted by molar-refractivity contribution is 8.15. The maximum Gasteiger partial charge on any atom is 0.416 e. The zero-order valence-corrected chi connectivity index (χ0v) is 17.4. The van der Waals surface area contributed by atoms with Crippen molar-refractivity contribution in [3.8, 4) is 11.5 Å². The van der Waals surface area contributed by atoms with E-state index in [4.69, 9.17) is 9.84 Å². The molecule has 2 aromatic carbocycles. The van der Waals surface area contributed by atoms with Gasteiger partial charge >= 0.3 is 6.18 Å². The minimum Gasteiger partial charge on any atom is -0.455 e. The number of nitrogens with zero attached hydrogens (tertiary/aromatic N) is 2. The number of rotatable bonds is 5. The van der Waals surface area contributed by atoms with E-state index in [1.165, 1.54) is 12.1 Å². The van der Waals surface area contributed by atoms with Crippen LogP contribution in [-0.2, 0) is 6.18 Å². The number of para-hydroxylation sites is 1. The molecular weight excluding hydrogens is 413 g/mol. The number of halogens is 3. The van der Waals surface area contributed by atoms with Crippen LogP contribution in [0.25, 0.3) is 0 Å². The lowest BCUT2D eigenvalue weighted by molar-refractivity contribution is -0.137. The Kier molecular flexibility index (Phi) is 6.48. The van der Waals surface area contributed by atoms with E-state index >= 15 is 0 Å². The summed E-state index contributed by atoms with van der Waals surface area (Å²) >= 11 is 0. The van der Waals surface area contributed by atoms with Gasteiger partial charge in [0.2, 0.25) is 0 Å². The topological polar surface area (TPSA) is 35.9 Å². The standard InChI is InChI=1S/C22H25F3N2O2S/c23-22(24,25)17-6-7-19-21(16-17)30(20-5-2-1-4-18(20)29-19)15-3-8-26-9-11-27(12-10-26)13-14-28/h1-2,4-7,15-16,28H,3,8-14H2. The van der Waals surface area contributed by atoms with Crippen LogP contribution in [0.4, 0.5) is 13.2 Å². The molecule has 30 heavy (non-hydrogen) atoms. The molecule has 0 amide bonds. The van der Waals surface area contributed by atoms with E-state index in [0.29, 0.717) is 22.9 Å². The molecule has 162 valence electrons. The van der Waals surface area contributed by atoms with E-state index in [0.717, 1.165) is 50.1 Å². The first-order valence-corrected chi connectivity index (χ1v) is 11.3. The predicted octanol–water partition coefficient (Wildman–Crippen LogP) is 4.30. The Bertz CT molecular complexity index is 925. The Balaban J connectivity index is 1.55. The molecule has 1 unspecified atom stereocenters. The largest absolute Gasteiger partial charge is 0.455 e. The number of alkyl halides is 3. The quantitative estimate of drug-likeness (QED) is 0.603. The lowest BCUT2D eigenvalue weighted by Gasteiger charge is -2.34. The first-order valence-electron chi connectivity index (χ1n) is 10.1. The Morgan fingerprint density at radius 2 is 1.60 bits per heavy atom. The summed E-state index contributed by atoms with van der Waals surface area (Å²) < 4.78 is 45.8. The highest BCUT2D eigenvalue weighted by atomic mass is 32.2. The molecule has 0 aliphatic carbocycles. The minimum atomic E-state index is -4.38. The Morgan fingerprint density at radius 1 is 0.933 bits per heavy atom. The summed E-state index contributed by atoms with van der Waals surface area (Å²) in [6, 6.07) is 11.3. The zero-order valence-electron chi connectivity index (χ0n) is 16.6. The van der Waals surface area contributed by atoms with Gasteiger partial charge in [0.15, 0.2) is 0 Å². The highest BCUT2D eigenvalue weighted by Crippen LogP contribution is 2.52. The van der Waals surface area contributed by atoms with Crippen LogP contribution in [0, 0.1) is 0 Å². The number of β-amino-alcohol motifs (C(OH)–C–C–N with tert-alkyl or cyclic N) is 1. The van der Waals surface area contributed by atoms with E-state index in [9.17, 15) is 13.2 Å². The van der Waals surface area contributed by atoms with Gasteiger partial charge in [-0.25, -0.2) is 0 Å². The highest BCUT2D eigenvalue weighted by Gasteiger charge is 2.32. The van der Waals surface area contributed by atoms with Gasteiger partial charge in [0, 0.05) is 49.1 Å². The van der Waals surface area contributed by atoms with Crippen molar-refractivity contribution >= 4 is 15.9 Å². The maximum atomic E-state index is 13.3. The van der Waals surface area contributed by atoms with Gasteiger partial charge in [-0.05, 0) is 36.8 Å². The van der Waals surface area contributed by atoms with Crippen LogP contribution in [-0.4, -0.2) is 66.1 Å². The molecule has 0 saturated carbocycles. The normalized spacial score (nSPS) is 19.9. The number of hydrogen-bond acceptors (Lipinski definition) is 4. The summed E-state index contributed by atoms with van der Waals surface area (Å²) in [7, 11) is -0.574. The lowest BCUT2D eigenvalue weighted by atomic mass is 10.2. The summed E-state index contributed by atoms with van der Waals surface area (Å²) in [5.74, 6) is 1.21. The molecule has 2 aliphatic rings. The number of aliphatic hydroxyl groups is 1. The molecule has 4 rings (SSSR count). The number of aliphatic hydroxyl groups excluding tert-OH is 1. The monoisotopic (exact) mass is 438 g/mol. The van der Waals surface area contributed by atoms with Crippen molar-refractivity contribution in [3.05, 3.63) is 48.0 Å². The zero-order chi connectivity index (χ0) is 21.1. The Hall–Kier alpha value is -1.87. The molecule has 8 heteroatoms. The van der Waals surface area contributed by atoms with E-state index in [1.54, 1.807) is 0 Å². The second kappa shape index (κ2) is 9.09. The summed E-state index contributed by atoms with van der Waals surface area (Å²) in [4.78, 5) is 6.13. The van der Waals surface area contributed by atoms with Gasteiger partial charge in [-0.3, -0.25) is 4.90 Å². The molecule has 4 nitrogen and oxygen atoms in total. The van der Waals surface area contributed by atoms with Crippen molar-refractivity contribution in [2.24, 2.45) is 0 Å². The number of fused-ring (bicyclic) bond motifs is 2. The number of ether oxygens (including phenoxy) is 1. The molecule has 2 aliphatic heterocycles. The third-order valence-electron chi connectivity index (χ3n) is 5.42. The van der Waals surface area contributed by atoms with Gasteiger partial charge in [-0.2, -0.15) is 13.2 Å². The minimum absolute atomic E-state index is 0.178. The molecule has 0 aromatic heterocycles. The van der Waals surface area contributed by atoms with Crippen LogP contribution in [0.2, 0.25) is 0 Å². The van der Waals surface area contributed by atoms with E-state index < -0.39 is 22.2 Å². The molecule has 1 fully saturated rings. The number of piperazine rings is 1. The third kappa shape index (κ3) is 4.72. The third-order valence-corrected chi connectivity index (χ3v) is 7.60. The summed E-state index contributed by atoms with van der Waals surface area (Å²) in [5.41, 5.74) is -0.643. The Labute approximate surface area is 176 Å². The summed E-state index contributed by atoms with van der Waals surface area (Å²) in [5, 5.41) is 11.2. The number of benzene rings is 2. The van der Waals surface area contributed by atoms with E-state index in [2.05, 4.69) is 15.2 Å². The van der Waals surface area contributed by atoms with Gasteiger partial charge in [-0.1, -0.05) is 17.5 Å². The van der Waals surface area contributed by atoms with Gasteiger partial charge in [0.1, 0.15) is 11.5 Å². The van der Waals surface area contributed by atoms with Crippen molar-refractivity contribution in [3.63, 3.8) is 0 Å². The second-order valence-electron chi connectivity index (χ2n) is 7.41. The van der Waals surface area contributed by atoms with Crippen LogP contribution >= 0.6 is 10.5 Å². The predicted molar refractivity (Wildman–Crippen MR) is 113 cm³/mol. The maximum absolute atomic E-state index is 13.3. The van der Waals surface area contributed by atoms with Gasteiger partial charge in [0.05, 0.1) is 12.2 Å². The molecular formula is C22H25F3N2O2S. The average Bonchev–Trinajstić information content (AvgIpc) is 2.73. The molecule has 1 saturated heterocycles. The van der Waals surface area contributed by atoms with Crippen LogP contribution in [0.15, 0.2) is 52.3 Å². The van der Waals surface area contributed by atoms with Gasteiger partial charge in [0.25, 0.3) is 0 Å². The molecule has 2 heterocycles. The van der Waals surface area contributed by atoms with Crippen LogP contribution in [0.1, 0.15) is 12.0 Å². The molecule has 0 spiro atoms. The summed E-state index contributed by atoms with van der Waals surface area (Å²) in [6.45, 7) is 5.50. The van der Waals surface area contributed by atoms with Gasteiger partial charge in [-0.15, -0.1) is 10.5 Å². The van der Waals surface area contributed by atoms with Crippen LogP contribution in [0.3, 0.4) is 0 Å². The lowest BCUT2D eigenvalue weighted by Crippen LogP contribution is -2.47. The van der Waals surface area contributed by atoms with Crippen molar-refractivity contribution < 1.29 is 23.0 Å². The smallest absolute Gasteiger partial charge is 0.416 e. The molecule has 0 bridgehead atoms. The molecule has 1 N–H and O–H groups in total. The van der Waals surface area contributed by atoms with Crippen LogP contribution in [0.5, 0.6) is 11.5 Å². The van der Waals surface area contributed by atoms with Crippen molar-refractivity contribution in [2.75, 3.05) is 45.9 Å². The van der Waals surface area contributed by atoms with Crippen molar-refractivity contribution in [2.45, 2.75) is 22.4 Å².